The molecular formula is C15H16N2O. The highest BCUT2D eigenvalue weighted by Crippen LogP contribution is 2.29. The van der Waals surface area contributed by atoms with Gasteiger partial charge in [-0.15, -0.1) is 0 Å². The Hall–Kier alpha value is -1.87. The lowest BCUT2D eigenvalue weighted by molar-refractivity contribution is 0.221. The van der Waals surface area contributed by atoms with Gasteiger partial charge in [-0.2, -0.15) is 0 Å². The van der Waals surface area contributed by atoms with Crippen LogP contribution in [0.2, 0.25) is 0 Å². The van der Waals surface area contributed by atoms with E-state index in [1.165, 1.54) is 0 Å². The number of hydrogen-bond donors (Lipinski definition) is 1. The number of para-hydroxylation sites is 1. The smallest absolute Gasteiger partial charge is 0.0876 e. The Morgan fingerprint density at radius 2 is 2.11 bits per heavy atom. The molecule has 2 heterocycles. The number of pyridine rings is 1. The molecular weight excluding hydrogens is 224 g/mol. The summed E-state index contributed by atoms with van der Waals surface area (Å²) in [7, 11) is 0. The molecule has 0 spiro atoms. The van der Waals surface area contributed by atoms with Crippen molar-refractivity contribution in [3.8, 4) is 0 Å². The SMILES string of the molecule is NC(C1=COCCC1)c1cccc2cccnc12. The minimum atomic E-state index is -0.121. The van der Waals surface area contributed by atoms with E-state index in [9.17, 15) is 0 Å². The van der Waals surface area contributed by atoms with Gasteiger partial charge in [-0.3, -0.25) is 4.98 Å². The minimum absolute atomic E-state index is 0.121. The number of rotatable bonds is 2. The Balaban J connectivity index is 2.05. The fraction of sp³-hybridized carbons (Fsp3) is 0.267. The quantitative estimate of drug-likeness (QED) is 0.878. The maximum atomic E-state index is 6.35. The molecule has 1 aromatic carbocycles. The second-order valence-electron chi connectivity index (χ2n) is 4.57. The topological polar surface area (TPSA) is 48.1 Å². The zero-order valence-electron chi connectivity index (χ0n) is 10.2. The molecule has 18 heavy (non-hydrogen) atoms. The normalized spacial score (nSPS) is 17.1. The van der Waals surface area contributed by atoms with E-state index in [1.807, 2.05) is 24.6 Å². The Bertz CT molecular complexity index is 587. The van der Waals surface area contributed by atoms with Crippen LogP contribution in [0.3, 0.4) is 0 Å². The van der Waals surface area contributed by atoms with Crippen molar-refractivity contribution in [1.82, 2.24) is 4.98 Å². The number of ether oxygens (including phenoxy) is 1. The summed E-state index contributed by atoms with van der Waals surface area (Å²) in [6.45, 7) is 0.796. The summed E-state index contributed by atoms with van der Waals surface area (Å²) in [5.41, 5.74) is 9.56. The summed E-state index contributed by atoms with van der Waals surface area (Å²) in [6.07, 6.45) is 5.67. The number of fused-ring (bicyclic) bond motifs is 1. The molecule has 0 amide bonds. The summed E-state index contributed by atoms with van der Waals surface area (Å²) in [5.74, 6) is 0. The third-order valence-electron chi connectivity index (χ3n) is 3.36. The van der Waals surface area contributed by atoms with Gasteiger partial charge in [-0.1, -0.05) is 24.3 Å². The second-order valence-corrected chi connectivity index (χ2v) is 4.57. The maximum absolute atomic E-state index is 6.35. The van der Waals surface area contributed by atoms with Crippen LogP contribution in [0.15, 0.2) is 48.4 Å². The molecule has 3 rings (SSSR count). The average Bonchev–Trinajstić information content (AvgIpc) is 2.47. The molecule has 0 aliphatic carbocycles. The molecule has 1 atom stereocenters. The first-order valence-electron chi connectivity index (χ1n) is 6.26. The molecule has 1 unspecified atom stereocenters. The van der Waals surface area contributed by atoms with Crippen molar-refractivity contribution in [2.75, 3.05) is 6.61 Å². The summed E-state index contributed by atoms with van der Waals surface area (Å²) >= 11 is 0. The molecule has 0 fully saturated rings. The van der Waals surface area contributed by atoms with Crippen molar-refractivity contribution in [2.45, 2.75) is 18.9 Å². The Labute approximate surface area is 106 Å². The van der Waals surface area contributed by atoms with E-state index in [0.29, 0.717) is 0 Å². The Morgan fingerprint density at radius 1 is 1.22 bits per heavy atom. The number of aromatic nitrogens is 1. The largest absolute Gasteiger partial charge is 0.501 e. The molecule has 92 valence electrons. The van der Waals surface area contributed by atoms with Crippen LogP contribution in [0.25, 0.3) is 10.9 Å². The molecule has 0 bridgehead atoms. The first-order chi connectivity index (χ1) is 8.86. The van der Waals surface area contributed by atoms with Gasteiger partial charge >= 0.3 is 0 Å². The van der Waals surface area contributed by atoms with Gasteiger partial charge in [0.25, 0.3) is 0 Å². The van der Waals surface area contributed by atoms with Gasteiger partial charge in [-0.25, -0.2) is 0 Å². The van der Waals surface area contributed by atoms with Gasteiger partial charge < -0.3 is 10.5 Å². The number of benzene rings is 1. The molecule has 0 saturated carbocycles. The molecule has 0 saturated heterocycles. The summed E-state index contributed by atoms with van der Waals surface area (Å²) < 4.78 is 5.37. The predicted octanol–water partition coefficient (Wildman–Crippen LogP) is 2.93. The van der Waals surface area contributed by atoms with E-state index >= 15 is 0 Å². The first kappa shape index (κ1) is 11.2. The van der Waals surface area contributed by atoms with Crippen molar-refractivity contribution in [2.24, 2.45) is 5.73 Å². The van der Waals surface area contributed by atoms with E-state index in [2.05, 4.69) is 23.2 Å². The molecule has 2 aromatic rings. The fourth-order valence-corrected chi connectivity index (χ4v) is 2.39. The zero-order valence-corrected chi connectivity index (χ0v) is 10.2. The van der Waals surface area contributed by atoms with E-state index < -0.39 is 0 Å². The van der Waals surface area contributed by atoms with Crippen LogP contribution < -0.4 is 5.73 Å². The summed E-state index contributed by atoms with van der Waals surface area (Å²) in [6, 6.07) is 10.0. The lowest BCUT2D eigenvalue weighted by Gasteiger charge is -2.20. The Kier molecular flexibility index (Phi) is 2.99. The summed E-state index contributed by atoms with van der Waals surface area (Å²) in [4.78, 5) is 4.45. The first-order valence-corrected chi connectivity index (χ1v) is 6.26. The maximum Gasteiger partial charge on any atom is 0.0876 e. The van der Waals surface area contributed by atoms with Crippen LogP contribution in [0.1, 0.15) is 24.4 Å². The van der Waals surface area contributed by atoms with Crippen molar-refractivity contribution in [3.63, 3.8) is 0 Å². The van der Waals surface area contributed by atoms with Gasteiger partial charge in [0.05, 0.1) is 24.4 Å². The third-order valence-corrected chi connectivity index (χ3v) is 3.36. The standard InChI is InChI=1S/C15H16N2O/c16-14(12-6-3-9-18-10-12)13-7-1-4-11-5-2-8-17-15(11)13/h1-2,4-5,7-8,10,14H,3,6,9,16H2. The van der Waals surface area contributed by atoms with E-state index in [-0.39, 0.29) is 6.04 Å². The second kappa shape index (κ2) is 4.78. The minimum Gasteiger partial charge on any atom is -0.501 e. The highest BCUT2D eigenvalue weighted by molar-refractivity contribution is 5.82. The molecule has 3 heteroatoms. The zero-order chi connectivity index (χ0) is 12.4. The lowest BCUT2D eigenvalue weighted by Crippen LogP contribution is -2.17. The molecule has 1 aliphatic rings. The molecule has 0 radical (unpaired) electrons. The van der Waals surface area contributed by atoms with Crippen LogP contribution in [0.5, 0.6) is 0 Å². The van der Waals surface area contributed by atoms with Crippen molar-refractivity contribution >= 4 is 10.9 Å². The van der Waals surface area contributed by atoms with Crippen LogP contribution >= 0.6 is 0 Å². The van der Waals surface area contributed by atoms with Gasteiger partial charge in [-0.05, 0) is 30.0 Å². The predicted molar refractivity (Wildman–Crippen MR) is 71.9 cm³/mol. The third kappa shape index (κ3) is 1.97. The van der Waals surface area contributed by atoms with Crippen molar-refractivity contribution in [1.29, 1.82) is 0 Å². The monoisotopic (exact) mass is 240 g/mol. The molecule has 3 nitrogen and oxygen atoms in total. The highest BCUT2D eigenvalue weighted by atomic mass is 16.5. The average molecular weight is 240 g/mol. The summed E-state index contributed by atoms with van der Waals surface area (Å²) in [5, 5.41) is 1.13. The van der Waals surface area contributed by atoms with Crippen molar-refractivity contribution < 1.29 is 4.74 Å². The highest BCUT2D eigenvalue weighted by Gasteiger charge is 2.17. The van der Waals surface area contributed by atoms with E-state index in [0.717, 1.165) is 41.5 Å². The van der Waals surface area contributed by atoms with Gasteiger partial charge in [0, 0.05) is 11.6 Å². The van der Waals surface area contributed by atoms with Crippen LogP contribution in [0.4, 0.5) is 0 Å². The van der Waals surface area contributed by atoms with Crippen LogP contribution in [0, 0.1) is 0 Å². The molecule has 1 aliphatic heterocycles. The van der Waals surface area contributed by atoms with E-state index in [4.69, 9.17) is 10.5 Å². The number of hydrogen-bond acceptors (Lipinski definition) is 3. The molecule has 2 N–H and O–H groups in total. The lowest BCUT2D eigenvalue weighted by atomic mass is 9.94. The van der Waals surface area contributed by atoms with E-state index in [1.54, 1.807) is 0 Å². The Morgan fingerprint density at radius 3 is 2.94 bits per heavy atom. The fourth-order valence-electron chi connectivity index (χ4n) is 2.39. The number of nitrogens with zero attached hydrogens (tertiary/aromatic N) is 1. The van der Waals surface area contributed by atoms with Crippen LogP contribution in [-0.2, 0) is 4.74 Å². The van der Waals surface area contributed by atoms with Gasteiger partial charge in [0.15, 0.2) is 0 Å². The van der Waals surface area contributed by atoms with Gasteiger partial charge in [0.2, 0.25) is 0 Å². The van der Waals surface area contributed by atoms with Crippen molar-refractivity contribution in [3.05, 3.63) is 53.9 Å². The van der Waals surface area contributed by atoms with Gasteiger partial charge in [0.1, 0.15) is 0 Å². The molecule has 1 aromatic heterocycles. The van der Waals surface area contributed by atoms with Crippen LogP contribution in [-0.4, -0.2) is 11.6 Å². The number of nitrogens with two attached hydrogens (primary N) is 1.